The fourth-order valence-electron chi connectivity index (χ4n) is 3.30. The number of fused-ring (bicyclic) bond motifs is 2. The number of benzene rings is 2. The highest BCUT2D eigenvalue weighted by molar-refractivity contribution is 5.96. The molecule has 0 aliphatic heterocycles. The highest BCUT2D eigenvalue weighted by atomic mass is 16.5. The minimum absolute atomic E-state index is 0.345. The maximum Gasteiger partial charge on any atom is 0.143 e. The molecule has 104 valence electrons. The van der Waals surface area contributed by atoms with Gasteiger partial charge in [-0.15, -0.1) is 0 Å². The van der Waals surface area contributed by atoms with Crippen molar-refractivity contribution < 1.29 is 9.53 Å². The van der Waals surface area contributed by atoms with Gasteiger partial charge in [0.2, 0.25) is 0 Å². The lowest BCUT2D eigenvalue weighted by molar-refractivity contribution is -0.124. The summed E-state index contributed by atoms with van der Waals surface area (Å²) in [6, 6.07) is 8.34. The normalized spacial score (nSPS) is 17.1. The predicted molar refractivity (Wildman–Crippen MR) is 81.6 cm³/mol. The van der Waals surface area contributed by atoms with Crippen LogP contribution >= 0.6 is 0 Å². The van der Waals surface area contributed by atoms with Gasteiger partial charge in [0.25, 0.3) is 0 Å². The molecule has 2 nitrogen and oxygen atoms in total. The van der Waals surface area contributed by atoms with E-state index in [1.165, 1.54) is 27.5 Å². The fourth-order valence-corrected chi connectivity index (χ4v) is 3.30. The van der Waals surface area contributed by atoms with E-state index in [2.05, 4.69) is 25.1 Å². The van der Waals surface area contributed by atoms with E-state index in [9.17, 15) is 4.79 Å². The number of ether oxygens (including phenoxy) is 1. The Kier molecular flexibility index (Phi) is 2.86. The zero-order valence-electron chi connectivity index (χ0n) is 12.5. The van der Waals surface area contributed by atoms with Crippen molar-refractivity contribution in [1.82, 2.24) is 0 Å². The molecule has 1 aliphatic rings. The number of ketones is 1. The summed E-state index contributed by atoms with van der Waals surface area (Å²) >= 11 is 0. The minimum Gasteiger partial charge on any atom is -0.497 e. The van der Waals surface area contributed by atoms with Gasteiger partial charge in [0.15, 0.2) is 0 Å². The zero-order valence-corrected chi connectivity index (χ0v) is 12.5. The minimum atomic E-state index is -0.369. The Morgan fingerprint density at radius 2 is 1.90 bits per heavy atom. The second-order valence-electron chi connectivity index (χ2n) is 6.16. The molecule has 3 rings (SSSR count). The van der Waals surface area contributed by atoms with Crippen LogP contribution in [0.5, 0.6) is 5.75 Å². The van der Waals surface area contributed by atoms with E-state index in [1.807, 2.05) is 19.9 Å². The molecule has 0 heterocycles. The van der Waals surface area contributed by atoms with Crippen LogP contribution in [-0.2, 0) is 16.6 Å². The van der Waals surface area contributed by atoms with Crippen LogP contribution in [0.25, 0.3) is 10.8 Å². The van der Waals surface area contributed by atoms with Gasteiger partial charge in [-0.1, -0.05) is 6.07 Å². The molecule has 2 aromatic carbocycles. The van der Waals surface area contributed by atoms with Gasteiger partial charge in [0.1, 0.15) is 11.5 Å². The Hall–Kier alpha value is -1.83. The average molecular weight is 268 g/mol. The molecule has 0 aromatic heterocycles. The van der Waals surface area contributed by atoms with E-state index in [4.69, 9.17) is 4.74 Å². The van der Waals surface area contributed by atoms with Gasteiger partial charge in [-0.2, -0.15) is 0 Å². The van der Waals surface area contributed by atoms with Gasteiger partial charge in [-0.3, -0.25) is 4.79 Å². The molecule has 0 radical (unpaired) electrons. The lowest BCUT2D eigenvalue weighted by Crippen LogP contribution is -2.34. The van der Waals surface area contributed by atoms with Gasteiger partial charge in [0, 0.05) is 11.8 Å². The van der Waals surface area contributed by atoms with E-state index in [0.29, 0.717) is 12.2 Å². The molecular weight excluding hydrogens is 248 g/mol. The second kappa shape index (κ2) is 4.34. The third kappa shape index (κ3) is 1.75. The fraction of sp³-hybridized carbons (Fsp3) is 0.389. The molecule has 0 amide bonds. The average Bonchev–Trinajstić information content (AvgIpc) is 2.44. The van der Waals surface area contributed by atoms with E-state index < -0.39 is 0 Å². The Bertz CT molecular complexity index is 711. The standard InChI is InChI=1S/C18H20O2/c1-11-14-7-8-17(19)18(2,3)16(14)9-12-5-6-13(20-4)10-15(11)12/h5-6,9-10H,7-8H2,1-4H3. The number of carbonyl (C=O) groups is 1. The van der Waals surface area contributed by atoms with E-state index >= 15 is 0 Å². The van der Waals surface area contributed by atoms with Crippen molar-refractivity contribution in [3.8, 4) is 5.75 Å². The summed E-state index contributed by atoms with van der Waals surface area (Å²) in [5.74, 6) is 1.23. The molecule has 2 heteroatoms. The molecular formula is C18H20O2. The smallest absolute Gasteiger partial charge is 0.143 e. The Morgan fingerprint density at radius 3 is 2.60 bits per heavy atom. The van der Waals surface area contributed by atoms with Crippen molar-refractivity contribution in [3.05, 3.63) is 41.0 Å². The lowest BCUT2D eigenvalue weighted by atomic mass is 9.70. The summed E-state index contributed by atoms with van der Waals surface area (Å²) in [6.45, 7) is 6.25. The monoisotopic (exact) mass is 268 g/mol. The van der Waals surface area contributed by atoms with Gasteiger partial charge >= 0.3 is 0 Å². The number of aryl methyl sites for hydroxylation is 1. The highest BCUT2D eigenvalue weighted by Gasteiger charge is 2.36. The summed E-state index contributed by atoms with van der Waals surface area (Å²) in [5.41, 5.74) is 3.46. The van der Waals surface area contributed by atoms with Crippen molar-refractivity contribution in [1.29, 1.82) is 0 Å². The summed E-state index contributed by atoms with van der Waals surface area (Å²) in [6.07, 6.45) is 1.51. The Balaban J connectivity index is 2.34. The SMILES string of the molecule is COc1ccc2cc3c(c(C)c2c1)CCC(=O)C3(C)C. The molecule has 20 heavy (non-hydrogen) atoms. The first-order valence-corrected chi connectivity index (χ1v) is 7.09. The molecule has 2 aromatic rings. The van der Waals surface area contributed by atoms with Crippen molar-refractivity contribution in [2.24, 2.45) is 0 Å². The van der Waals surface area contributed by atoms with Gasteiger partial charge in [-0.05, 0) is 72.9 Å². The van der Waals surface area contributed by atoms with Crippen LogP contribution < -0.4 is 4.74 Å². The summed E-state index contributed by atoms with van der Waals surface area (Å²) in [7, 11) is 1.69. The molecule has 1 aliphatic carbocycles. The molecule has 0 unspecified atom stereocenters. The van der Waals surface area contributed by atoms with Crippen molar-refractivity contribution in [3.63, 3.8) is 0 Å². The van der Waals surface area contributed by atoms with E-state index in [0.717, 1.165) is 12.2 Å². The third-order valence-corrected chi connectivity index (χ3v) is 4.71. The maximum atomic E-state index is 12.2. The number of hydrogen-bond donors (Lipinski definition) is 0. The molecule has 0 fully saturated rings. The van der Waals surface area contributed by atoms with Crippen LogP contribution in [0, 0.1) is 6.92 Å². The maximum absolute atomic E-state index is 12.2. The first-order valence-electron chi connectivity index (χ1n) is 7.09. The third-order valence-electron chi connectivity index (χ3n) is 4.71. The summed E-state index contributed by atoms with van der Waals surface area (Å²) < 4.78 is 5.33. The van der Waals surface area contributed by atoms with Crippen molar-refractivity contribution in [2.45, 2.75) is 39.0 Å². The van der Waals surface area contributed by atoms with Crippen LogP contribution in [0.4, 0.5) is 0 Å². The van der Waals surface area contributed by atoms with E-state index in [1.54, 1.807) is 7.11 Å². The van der Waals surface area contributed by atoms with Crippen LogP contribution in [0.3, 0.4) is 0 Å². The van der Waals surface area contributed by atoms with Crippen LogP contribution in [-0.4, -0.2) is 12.9 Å². The quantitative estimate of drug-likeness (QED) is 0.782. The predicted octanol–water partition coefficient (Wildman–Crippen LogP) is 3.95. The summed E-state index contributed by atoms with van der Waals surface area (Å²) in [4.78, 5) is 12.2. The lowest BCUT2D eigenvalue weighted by Gasteiger charge is -2.32. The topological polar surface area (TPSA) is 26.3 Å². The first kappa shape index (κ1) is 13.2. The largest absolute Gasteiger partial charge is 0.497 e. The van der Waals surface area contributed by atoms with Gasteiger partial charge < -0.3 is 4.74 Å². The number of Topliss-reactive ketones (excluding diaryl/α,β-unsaturated/α-hetero) is 1. The second-order valence-corrected chi connectivity index (χ2v) is 6.16. The molecule has 0 atom stereocenters. The number of methoxy groups -OCH3 is 1. The Morgan fingerprint density at radius 1 is 1.15 bits per heavy atom. The zero-order chi connectivity index (χ0) is 14.5. The molecule has 0 N–H and O–H groups in total. The number of hydrogen-bond acceptors (Lipinski definition) is 2. The van der Waals surface area contributed by atoms with Crippen molar-refractivity contribution >= 4 is 16.6 Å². The van der Waals surface area contributed by atoms with Gasteiger partial charge in [-0.25, -0.2) is 0 Å². The molecule has 0 spiro atoms. The van der Waals surface area contributed by atoms with Gasteiger partial charge in [0.05, 0.1) is 7.11 Å². The molecule has 0 saturated carbocycles. The summed E-state index contributed by atoms with van der Waals surface area (Å²) in [5, 5.41) is 2.41. The van der Waals surface area contributed by atoms with Crippen LogP contribution in [0.15, 0.2) is 24.3 Å². The van der Waals surface area contributed by atoms with Crippen LogP contribution in [0.1, 0.15) is 37.0 Å². The van der Waals surface area contributed by atoms with E-state index in [-0.39, 0.29) is 5.41 Å². The van der Waals surface area contributed by atoms with Crippen molar-refractivity contribution in [2.75, 3.05) is 7.11 Å². The number of carbonyl (C=O) groups excluding carboxylic acids is 1. The molecule has 0 bridgehead atoms. The van der Waals surface area contributed by atoms with Crippen LogP contribution in [0.2, 0.25) is 0 Å². The highest BCUT2D eigenvalue weighted by Crippen LogP contribution is 2.39. The molecule has 0 saturated heterocycles. The first-order chi connectivity index (χ1) is 9.45. The Labute approximate surface area is 119 Å². The number of rotatable bonds is 1.